The lowest BCUT2D eigenvalue weighted by molar-refractivity contribution is -0.121. The quantitative estimate of drug-likeness (QED) is 0.873. The highest BCUT2D eigenvalue weighted by Gasteiger charge is 2.28. The molecule has 2 unspecified atom stereocenters. The summed E-state index contributed by atoms with van der Waals surface area (Å²) < 4.78 is 0. The van der Waals surface area contributed by atoms with E-state index in [2.05, 4.69) is 16.8 Å². The molecule has 0 spiro atoms. The molecule has 0 saturated carbocycles. The second kappa shape index (κ2) is 6.59. The van der Waals surface area contributed by atoms with E-state index in [-0.39, 0.29) is 23.8 Å². The van der Waals surface area contributed by atoms with Crippen molar-refractivity contribution in [1.29, 1.82) is 0 Å². The molecule has 1 aliphatic rings. The minimum Gasteiger partial charge on any atom is -0.396 e. The number of carbonyl (C=O) groups excluding carboxylic acids is 1. The minimum absolute atomic E-state index is 0.0448. The highest BCUT2D eigenvalue weighted by Crippen LogP contribution is 2.39. The van der Waals surface area contributed by atoms with Gasteiger partial charge in [-0.25, -0.2) is 0 Å². The van der Waals surface area contributed by atoms with Crippen LogP contribution in [0.5, 0.6) is 0 Å². The number of aliphatic hydroxyl groups excluding tert-OH is 1. The summed E-state index contributed by atoms with van der Waals surface area (Å²) in [5.41, 5.74) is 1.20. The third kappa shape index (κ3) is 3.28. The first-order chi connectivity index (χ1) is 8.72. The van der Waals surface area contributed by atoms with Gasteiger partial charge in [-0.05, 0) is 48.9 Å². The van der Waals surface area contributed by atoms with E-state index >= 15 is 0 Å². The molecule has 1 aromatic heterocycles. The van der Waals surface area contributed by atoms with Gasteiger partial charge < -0.3 is 10.4 Å². The van der Waals surface area contributed by atoms with Crippen LogP contribution < -0.4 is 5.32 Å². The first-order valence-corrected chi connectivity index (χ1v) is 8.24. The van der Waals surface area contributed by atoms with Crippen LogP contribution in [0, 0.1) is 0 Å². The maximum atomic E-state index is 12.2. The van der Waals surface area contributed by atoms with Crippen molar-refractivity contribution in [1.82, 2.24) is 5.32 Å². The molecule has 18 heavy (non-hydrogen) atoms. The molecule has 0 fully saturated rings. The zero-order valence-electron chi connectivity index (χ0n) is 10.5. The molecule has 3 nitrogen and oxygen atoms in total. The smallest absolute Gasteiger partial charge is 0.237 e. The van der Waals surface area contributed by atoms with Crippen molar-refractivity contribution >= 4 is 29.0 Å². The Hall–Kier alpha value is -0.520. The Bertz CT molecular complexity index is 405. The Labute approximate surface area is 116 Å². The summed E-state index contributed by atoms with van der Waals surface area (Å²) in [6.45, 7) is 2.18. The monoisotopic (exact) mass is 285 g/mol. The molecule has 0 radical (unpaired) electrons. The normalized spacial score (nSPS) is 20.2. The molecular formula is C13H19NO2S2. The highest BCUT2D eigenvalue weighted by atomic mass is 32.2. The first kappa shape index (κ1) is 13.9. The zero-order valence-corrected chi connectivity index (χ0v) is 12.1. The number of thiophene rings is 1. The van der Waals surface area contributed by atoms with Crippen LogP contribution in [-0.2, 0) is 11.2 Å². The van der Waals surface area contributed by atoms with Gasteiger partial charge in [-0.1, -0.05) is 0 Å². The SMILES string of the molecule is CC(CCCO)NC(=O)C1SCCc2sccc21. The van der Waals surface area contributed by atoms with Crippen molar-refractivity contribution in [3.8, 4) is 0 Å². The van der Waals surface area contributed by atoms with Crippen molar-refractivity contribution in [3.05, 3.63) is 21.9 Å². The molecule has 100 valence electrons. The van der Waals surface area contributed by atoms with Crippen molar-refractivity contribution in [2.75, 3.05) is 12.4 Å². The van der Waals surface area contributed by atoms with Gasteiger partial charge in [0.25, 0.3) is 0 Å². The molecule has 0 saturated heterocycles. The van der Waals surface area contributed by atoms with Crippen molar-refractivity contribution in [2.24, 2.45) is 0 Å². The van der Waals surface area contributed by atoms with E-state index in [1.807, 2.05) is 6.92 Å². The summed E-state index contributed by atoms with van der Waals surface area (Å²) in [6.07, 6.45) is 2.65. The summed E-state index contributed by atoms with van der Waals surface area (Å²) in [5, 5.41) is 13.9. The highest BCUT2D eigenvalue weighted by molar-refractivity contribution is 8.00. The fourth-order valence-corrected chi connectivity index (χ4v) is 4.45. The molecule has 1 aromatic rings. The van der Waals surface area contributed by atoms with Crippen LogP contribution in [-0.4, -0.2) is 29.4 Å². The average Bonchev–Trinajstić information content (AvgIpc) is 2.84. The number of aryl methyl sites for hydroxylation is 1. The van der Waals surface area contributed by atoms with Gasteiger partial charge in [-0.2, -0.15) is 0 Å². The van der Waals surface area contributed by atoms with Gasteiger partial charge in [0.15, 0.2) is 0 Å². The number of aliphatic hydroxyl groups is 1. The van der Waals surface area contributed by atoms with Gasteiger partial charge in [-0.3, -0.25) is 4.79 Å². The van der Waals surface area contributed by atoms with E-state index in [0.717, 1.165) is 25.0 Å². The lowest BCUT2D eigenvalue weighted by Gasteiger charge is -2.23. The van der Waals surface area contributed by atoms with Crippen LogP contribution in [0.1, 0.15) is 35.5 Å². The molecule has 2 atom stereocenters. The topological polar surface area (TPSA) is 49.3 Å². The van der Waals surface area contributed by atoms with E-state index in [0.29, 0.717) is 0 Å². The second-order valence-electron chi connectivity index (χ2n) is 4.58. The fraction of sp³-hybridized carbons (Fsp3) is 0.615. The predicted octanol–water partition coefficient (Wildman–Crippen LogP) is 2.36. The summed E-state index contributed by atoms with van der Waals surface area (Å²) in [7, 11) is 0. The zero-order chi connectivity index (χ0) is 13.0. The molecule has 0 aliphatic carbocycles. The molecule has 1 amide bonds. The Morgan fingerprint density at radius 2 is 2.50 bits per heavy atom. The van der Waals surface area contributed by atoms with Gasteiger partial charge in [-0.15, -0.1) is 23.1 Å². The van der Waals surface area contributed by atoms with Crippen LogP contribution in [0.4, 0.5) is 0 Å². The third-order valence-corrected chi connectivity index (χ3v) is 5.34. The number of amides is 1. The molecule has 2 N–H and O–H groups in total. The first-order valence-electron chi connectivity index (χ1n) is 6.31. The number of fused-ring (bicyclic) bond motifs is 1. The lowest BCUT2D eigenvalue weighted by Crippen LogP contribution is -2.36. The molecular weight excluding hydrogens is 266 g/mol. The van der Waals surface area contributed by atoms with Gasteiger partial charge >= 0.3 is 0 Å². The number of rotatable bonds is 5. The van der Waals surface area contributed by atoms with Crippen LogP contribution in [0.2, 0.25) is 0 Å². The van der Waals surface area contributed by atoms with Gasteiger partial charge in [0, 0.05) is 17.5 Å². The molecule has 1 aliphatic heterocycles. The van der Waals surface area contributed by atoms with Gasteiger partial charge in [0.2, 0.25) is 5.91 Å². The van der Waals surface area contributed by atoms with Crippen LogP contribution in [0.15, 0.2) is 11.4 Å². The summed E-state index contributed by atoms with van der Waals surface area (Å²) in [5.74, 6) is 1.14. The summed E-state index contributed by atoms with van der Waals surface area (Å²) in [4.78, 5) is 13.6. The van der Waals surface area contributed by atoms with E-state index in [9.17, 15) is 4.79 Å². The molecule has 2 rings (SSSR count). The van der Waals surface area contributed by atoms with E-state index < -0.39 is 0 Å². The summed E-state index contributed by atoms with van der Waals surface area (Å²) >= 11 is 3.48. The van der Waals surface area contributed by atoms with Crippen molar-refractivity contribution < 1.29 is 9.90 Å². The van der Waals surface area contributed by atoms with Crippen LogP contribution in [0.25, 0.3) is 0 Å². The van der Waals surface area contributed by atoms with Gasteiger partial charge in [0.05, 0.1) is 0 Å². The van der Waals surface area contributed by atoms with Gasteiger partial charge in [0.1, 0.15) is 5.25 Å². The Morgan fingerprint density at radius 3 is 3.28 bits per heavy atom. The third-order valence-electron chi connectivity index (χ3n) is 3.10. The van der Waals surface area contributed by atoms with Crippen molar-refractivity contribution in [2.45, 2.75) is 37.5 Å². The number of nitrogens with one attached hydrogen (secondary N) is 1. The van der Waals surface area contributed by atoms with Crippen molar-refractivity contribution in [3.63, 3.8) is 0 Å². The van der Waals surface area contributed by atoms with Crippen LogP contribution in [0.3, 0.4) is 0 Å². The molecule has 5 heteroatoms. The van der Waals surface area contributed by atoms with E-state index in [4.69, 9.17) is 5.11 Å². The number of hydrogen-bond donors (Lipinski definition) is 2. The Kier molecular flexibility index (Phi) is 5.09. The average molecular weight is 285 g/mol. The number of carbonyl (C=O) groups is 1. The van der Waals surface area contributed by atoms with E-state index in [1.54, 1.807) is 23.1 Å². The minimum atomic E-state index is -0.0448. The predicted molar refractivity (Wildman–Crippen MR) is 77.1 cm³/mol. The largest absolute Gasteiger partial charge is 0.396 e. The second-order valence-corrected chi connectivity index (χ2v) is 6.79. The molecule has 2 heterocycles. The molecule has 0 aromatic carbocycles. The number of thioether (sulfide) groups is 1. The molecule has 0 bridgehead atoms. The Morgan fingerprint density at radius 1 is 1.67 bits per heavy atom. The maximum Gasteiger partial charge on any atom is 0.237 e. The number of hydrogen-bond acceptors (Lipinski definition) is 4. The Balaban J connectivity index is 1.94. The van der Waals surface area contributed by atoms with E-state index in [1.165, 1.54) is 10.4 Å². The maximum absolute atomic E-state index is 12.2. The van der Waals surface area contributed by atoms with Crippen LogP contribution >= 0.6 is 23.1 Å². The fourth-order valence-electron chi connectivity index (χ4n) is 2.15. The standard InChI is InChI=1S/C13H19NO2S2/c1-9(3-2-6-15)14-13(16)12-10-4-7-17-11(10)5-8-18-12/h4,7,9,12,15H,2-3,5-6,8H2,1H3,(H,14,16). The lowest BCUT2D eigenvalue weighted by atomic mass is 10.1. The summed E-state index contributed by atoms with van der Waals surface area (Å²) in [6, 6.07) is 2.21.